The summed E-state index contributed by atoms with van der Waals surface area (Å²) in [6.45, 7) is 2.63. The summed E-state index contributed by atoms with van der Waals surface area (Å²) in [5, 5.41) is 0. The molecule has 100 valence electrons. The Hall–Kier alpha value is -1.59. The summed E-state index contributed by atoms with van der Waals surface area (Å²) >= 11 is 0. The van der Waals surface area contributed by atoms with Gasteiger partial charge in [-0.1, -0.05) is 19.8 Å². The molecule has 6 nitrogen and oxygen atoms in total. The van der Waals surface area contributed by atoms with E-state index in [1.165, 1.54) is 25.7 Å². The van der Waals surface area contributed by atoms with Crippen molar-refractivity contribution in [1.29, 1.82) is 0 Å². The summed E-state index contributed by atoms with van der Waals surface area (Å²) in [6.07, 6.45) is 5.84. The second-order valence-electron chi connectivity index (χ2n) is 4.67. The molecule has 0 aromatic carbocycles. The molecule has 0 spiro atoms. The SMILES string of the molecule is CCCOc1nc(N)nc(N(C)C2CCCC2)n1. The van der Waals surface area contributed by atoms with E-state index in [2.05, 4.69) is 19.9 Å². The smallest absolute Gasteiger partial charge is 0.323 e. The third-order valence-electron chi connectivity index (χ3n) is 3.24. The topological polar surface area (TPSA) is 77.2 Å². The predicted molar refractivity (Wildman–Crippen MR) is 70.7 cm³/mol. The van der Waals surface area contributed by atoms with Gasteiger partial charge in [0.05, 0.1) is 6.61 Å². The van der Waals surface area contributed by atoms with Crippen molar-refractivity contribution in [2.75, 3.05) is 24.3 Å². The fourth-order valence-corrected chi connectivity index (χ4v) is 2.23. The number of nitrogen functional groups attached to an aromatic ring is 1. The number of nitrogens with zero attached hydrogens (tertiary/aromatic N) is 4. The third kappa shape index (κ3) is 3.00. The van der Waals surface area contributed by atoms with Gasteiger partial charge in [-0.05, 0) is 19.3 Å². The summed E-state index contributed by atoms with van der Waals surface area (Å²) in [6, 6.07) is 0.829. The normalized spacial score (nSPS) is 15.9. The van der Waals surface area contributed by atoms with Gasteiger partial charge in [0.15, 0.2) is 0 Å². The van der Waals surface area contributed by atoms with Crippen molar-refractivity contribution < 1.29 is 4.74 Å². The maximum Gasteiger partial charge on any atom is 0.323 e. The lowest BCUT2D eigenvalue weighted by Gasteiger charge is -2.24. The predicted octanol–water partition coefficient (Wildman–Crippen LogP) is 1.62. The maximum absolute atomic E-state index is 5.70. The van der Waals surface area contributed by atoms with Crippen LogP contribution in [0.2, 0.25) is 0 Å². The number of rotatable bonds is 5. The summed E-state index contributed by atoms with van der Waals surface area (Å²) in [5.41, 5.74) is 5.70. The fourth-order valence-electron chi connectivity index (χ4n) is 2.23. The zero-order valence-corrected chi connectivity index (χ0v) is 11.1. The quantitative estimate of drug-likeness (QED) is 0.857. The first-order valence-electron chi connectivity index (χ1n) is 6.58. The van der Waals surface area contributed by atoms with E-state index in [-0.39, 0.29) is 5.95 Å². The van der Waals surface area contributed by atoms with Crippen molar-refractivity contribution in [2.24, 2.45) is 0 Å². The summed E-state index contributed by atoms with van der Waals surface area (Å²) in [7, 11) is 2.01. The van der Waals surface area contributed by atoms with Crippen molar-refractivity contribution in [1.82, 2.24) is 15.0 Å². The summed E-state index contributed by atoms with van der Waals surface area (Å²) in [5.74, 6) is 0.830. The molecule has 0 saturated heterocycles. The van der Waals surface area contributed by atoms with Gasteiger partial charge in [-0.3, -0.25) is 0 Å². The number of aromatic nitrogens is 3. The van der Waals surface area contributed by atoms with Crippen LogP contribution in [0, 0.1) is 0 Å². The Morgan fingerprint density at radius 3 is 2.67 bits per heavy atom. The van der Waals surface area contributed by atoms with Crippen LogP contribution in [0.15, 0.2) is 0 Å². The van der Waals surface area contributed by atoms with E-state index in [1.54, 1.807) is 0 Å². The first-order chi connectivity index (χ1) is 8.70. The average Bonchev–Trinajstić information content (AvgIpc) is 2.88. The van der Waals surface area contributed by atoms with E-state index in [0.29, 0.717) is 24.6 Å². The van der Waals surface area contributed by atoms with Gasteiger partial charge in [0.2, 0.25) is 11.9 Å². The molecular formula is C12H21N5O. The van der Waals surface area contributed by atoms with E-state index >= 15 is 0 Å². The van der Waals surface area contributed by atoms with Crippen LogP contribution in [-0.4, -0.2) is 34.6 Å². The van der Waals surface area contributed by atoms with Crippen LogP contribution < -0.4 is 15.4 Å². The molecule has 2 rings (SSSR count). The first-order valence-corrected chi connectivity index (χ1v) is 6.58. The molecule has 18 heavy (non-hydrogen) atoms. The van der Waals surface area contributed by atoms with E-state index in [1.807, 2.05) is 14.0 Å². The molecule has 0 atom stereocenters. The molecule has 0 amide bonds. The van der Waals surface area contributed by atoms with Crippen LogP contribution in [0.1, 0.15) is 39.0 Å². The van der Waals surface area contributed by atoms with Crippen molar-refractivity contribution in [3.8, 4) is 6.01 Å². The highest BCUT2D eigenvalue weighted by Gasteiger charge is 2.22. The van der Waals surface area contributed by atoms with E-state index in [4.69, 9.17) is 10.5 Å². The van der Waals surface area contributed by atoms with Gasteiger partial charge in [0.25, 0.3) is 0 Å². The van der Waals surface area contributed by atoms with Gasteiger partial charge in [-0.2, -0.15) is 15.0 Å². The van der Waals surface area contributed by atoms with Crippen LogP contribution in [0.3, 0.4) is 0 Å². The number of anilines is 2. The van der Waals surface area contributed by atoms with Gasteiger partial charge in [0, 0.05) is 13.1 Å². The second-order valence-corrected chi connectivity index (χ2v) is 4.67. The fraction of sp³-hybridized carbons (Fsp3) is 0.750. The molecule has 1 aliphatic carbocycles. The molecule has 1 aromatic heterocycles. The lowest BCUT2D eigenvalue weighted by atomic mass is 10.2. The Kier molecular flexibility index (Phi) is 4.17. The van der Waals surface area contributed by atoms with Crippen LogP contribution in [-0.2, 0) is 0 Å². The zero-order valence-electron chi connectivity index (χ0n) is 11.1. The first kappa shape index (κ1) is 12.9. The van der Waals surface area contributed by atoms with Crippen LogP contribution in [0.25, 0.3) is 0 Å². The minimum Gasteiger partial charge on any atom is -0.463 e. The molecule has 1 saturated carbocycles. The third-order valence-corrected chi connectivity index (χ3v) is 3.24. The highest BCUT2D eigenvalue weighted by atomic mass is 16.5. The molecule has 0 aliphatic heterocycles. The van der Waals surface area contributed by atoms with Crippen molar-refractivity contribution in [3.05, 3.63) is 0 Å². The number of ether oxygens (including phenoxy) is 1. The molecule has 1 heterocycles. The molecule has 1 aliphatic rings. The summed E-state index contributed by atoms with van der Waals surface area (Å²) < 4.78 is 5.42. The Balaban J connectivity index is 2.13. The van der Waals surface area contributed by atoms with E-state index in [9.17, 15) is 0 Å². The van der Waals surface area contributed by atoms with Crippen LogP contribution >= 0.6 is 0 Å². The van der Waals surface area contributed by atoms with Crippen molar-refractivity contribution >= 4 is 11.9 Å². The molecule has 0 radical (unpaired) electrons. The molecule has 0 unspecified atom stereocenters. The second kappa shape index (κ2) is 5.84. The monoisotopic (exact) mass is 251 g/mol. The van der Waals surface area contributed by atoms with Gasteiger partial charge in [0.1, 0.15) is 0 Å². The van der Waals surface area contributed by atoms with Gasteiger partial charge in [-0.25, -0.2) is 0 Å². The molecule has 2 N–H and O–H groups in total. The minimum absolute atomic E-state index is 0.218. The van der Waals surface area contributed by atoms with Gasteiger partial charge >= 0.3 is 6.01 Å². The van der Waals surface area contributed by atoms with E-state index in [0.717, 1.165) is 6.42 Å². The Morgan fingerprint density at radius 2 is 2.00 bits per heavy atom. The molecule has 6 heteroatoms. The lowest BCUT2D eigenvalue weighted by Crippen LogP contribution is -2.31. The Bertz CT molecular complexity index is 392. The number of hydrogen-bond acceptors (Lipinski definition) is 6. The highest BCUT2D eigenvalue weighted by molar-refractivity contribution is 5.36. The maximum atomic E-state index is 5.70. The Morgan fingerprint density at radius 1 is 1.28 bits per heavy atom. The van der Waals surface area contributed by atoms with Gasteiger partial charge < -0.3 is 15.4 Å². The minimum atomic E-state index is 0.218. The Labute approximate surface area is 108 Å². The molecule has 1 fully saturated rings. The molecule has 0 bridgehead atoms. The van der Waals surface area contributed by atoms with Crippen LogP contribution in [0.4, 0.5) is 11.9 Å². The molecule has 1 aromatic rings. The largest absolute Gasteiger partial charge is 0.463 e. The summed E-state index contributed by atoms with van der Waals surface area (Å²) in [4.78, 5) is 14.6. The van der Waals surface area contributed by atoms with Crippen molar-refractivity contribution in [3.63, 3.8) is 0 Å². The number of hydrogen-bond donors (Lipinski definition) is 1. The zero-order chi connectivity index (χ0) is 13.0. The average molecular weight is 251 g/mol. The van der Waals surface area contributed by atoms with Gasteiger partial charge in [-0.15, -0.1) is 0 Å². The van der Waals surface area contributed by atoms with E-state index < -0.39 is 0 Å². The molecular weight excluding hydrogens is 230 g/mol. The standard InChI is InChI=1S/C12H21N5O/c1-3-8-18-12-15-10(13)14-11(16-12)17(2)9-6-4-5-7-9/h9H,3-8H2,1-2H3,(H2,13,14,15,16). The highest BCUT2D eigenvalue weighted by Crippen LogP contribution is 2.25. The van der Waals surface area contributed by atoms with Crippen molar-refractivity contribution in [2.45, 2.75) is 45.1 Å². The number of nitrogens with two attached hydrogens (primary N) is 1. The lowest BCUT2D eigenvalue weighted by molar-refractivity contribution is 0.292. The van der Waals surface area contributed by atoms with Crippen LogP contribution in [0.5, 0.6) is 6.01 Å².